The van der Waals surface area contributed by atoms with Crippen LogP contribution in [0.3, 0.4) is 0 Å². The van der Waals surface area contributed by atoms with E-state index in [1.54, 1.807) is 0 Å². The summed E-state index contributed by atoms with van der Waals surface area (Å²) in [6.07, 6.45) is 1.95. The highest BCUT2D eigenvalue weighted by Crippen LogP contribution is 2.47. The van der Waals surface area contributed by atoms with Crippen LogP contribution in [0.4, 0.5) is 0 Å². The largest absolute Gasteiger partial charge is 0.379 e. The van der Waals surface area contributed by atoms with E-state index in [0.717, 1.165) is 39.1 Å². The molecule has 1 heterocycles. The first-order valence-electron chi connectivity index (χ1n) is 5.63. The zero-order valence-electron chi connectivity index (χ0n) is 9.08. The van der Waals surface area contributed by atoms with Gasteiger partial charge in [-0.1, -0.05) is 13.3 Å². The Bertz CT molecular complexity index is 272. The van der Waals surface area contributed by atoms with Crippen LogP contribution in [0.2, 0.25) is 0 Å². The molecule has 3 unspecified atom stereocenters. The smallest absolute Gasteiger partial charge is 0.147 e. The summed E-state index contributed by atoms with van der Waals surface area (Å²) in [6, 6.07) is 2.51. The summed E-state index contributed by atoms with van der Waals surface area (Å²) in [5, 5.41) is 9.12. The van der Waals surface area contributed by atoms with E-state index >= 15 is 0 Å². The zero-order chi connectivity index (χ0) is 10.9. The third kappa shape index (κ3) is 1.87. The Labute approximate surface area is 95.9 Å². The number of nitrogens with zero attached hydrogens (tertiary/aromatic N) is 2. The maximum atomic E-state index is 9.12. The van der Waals surface area contributed by atoms with Crippen molar-refractivity contribution >= 4 is 11.6 Å². The quantitative estimate of drug-likeness (QED) is 0.674. The second-order valence-corrected chi connectivity index (χ2v) is 5.11. The molecule has 0 aromatic carbocycles. The molecular formula is C11H17ClN2O. The molecule has 2 aliphatic rings. The molecule has 2 fully saturated rings. The number of ether oxygens (including phenoxy) is 1. The zero-order valence-corrected chi connectivity index (χ0v) is 9.83. The Morgan fingerprint density at radius 3 is 2.73 bits per heavy atom. The molecule has 0 amide bonds. The van der Waals surface area contributed by atoms with Crippen molar-refractivity contribution in [3.8, 4) is 6.07 Å². The highest BCUT2D eigenvalue weighted by Gasteiger charge is 2.55. The molecule has 1 aliphatic carbocycles. The summed E-state index contributed by atoms with van der Waals surface area (Å²) in [7, 11) is 0. The van der Waals surface area contributed by atoms with Crippen LogP contribution in [0.15, 0.2) is 0 Å². The second-order valence-electron chi connectivity index (χ2n) is 4.44. The normalized spacial score (nSPS) is 41.9. The predicted octanol–water partition coefficient (Wildman–Crippen LogP) is 1.62. The first-order valence-corrected chi connectivity index (χ1v) is 6.01. The van der Waals surface area contributed by atoms with E-state index in [1.807, 2.05) is 0 Å². The Morgan fingerprint density at radius 1 is 1.53 bits per heavy atom. The molecule has 1 saturated carbocycles. The average molecular weight is 229 g/mol. The maximum Gasteiger partial charge on any atom is 0.147 e. The molecule has 3 nitrogen and oxygen atoms in total. The number of halogens is 1. The summed E-state index contributed by atoms with van der Waals surface area (Å²) in [5.41, 5.74) is 0. The molecule has 4 heteroatoms. The fraction of sp³-hybridized carbons (Fsp3) is 0.909. The van der Waals surface area contributed by atoms with Crippen molar-refractivity contribution in [3.05, 3.63) is 0 Å². The first-order chi connectivity index (χ1) is 7.21. The van der Waals surface area contributed by atoms with Gasteiger partial charge in [0.05, 0.1) is 19.3 Å². The van der Waals surface area contributed by atoms with E-state index in [2.05, 4.69) is 17.9 Å². The Hall–Kier alpha value is -0.300. The fourth-order valence-electron chi connectivity index (χ4n) is 2.75. The molecule has 2 rings (SSSR count). The van der Waals surface area contributed by atoms with Gasteiger partial charge in [0.15, 0.2) is 0 Å². The van der Waals surface area contributed by atoms with Gasteiger partial charge in [-0.25, -0.2) is 0 Å². The average Bonchev–Trinajstić information content (AvgIpc) is 2.26. The lowest BCUT2D eigenvalue weighted by molar-refractivity contribution is -0.0363. The number of hydrogen-bond acceptors (Lipinski definition) is 3. The molecular weight excluding hydrogens is 212 g/mol. The SMILES string of the molecule is CCC1CC(Cl)(C#N)C1N1CCOCC1. The summed E-state index contributed by atoms with van der Waals surface area (Å²) in [4.78, 5) is 1.69. The third-order valence-electron chi connectivity index (χ3n) is 3.62. The van der Waals surface area contributed by atoms with Gasteiger partial charge in [-0.15, -0.1) is 11.6 Å². The van der Waals surface area contributed by atoms with Crippen molar-refractivity contribution in [2.24, 2.45) is 5.92 Å². The molecule has 15 heavy (non-hydrogen) atoms. The highest BCUT2D eigenvalue weighted by atomic mass is 35.5. The molecule has 1 aliphatic heterocycles. The molecule has 0 radical (unpaired) electrons. The van der Waals surface area contributed by atoms with E-state index < -0.39 is 4.87 Å². The number of rotatable bonds is 2. The van der Waals surface area contributed by atoms with Crippen molar-refractivity contribution in [1.29, 1.82) is 5.26 Å². The lowest BCUT2D eigenvalue weighted by Gasteiger charge is -2.53. The van der Waals surface area contributed by atoms with Crippen molar-refractivity contribution < 1.29 is 4.74 Å². The highest BCUT2D eigenvalue weighted by molar-refractivity contribution is 6.27. The van der Waals surface area contributed by atoms with E-state index in [9.17, 15) is 0 Å². The van der Waals surface area contributed by atoms with Gasteiger partial charge < -0.3 is 4.74 Å². The van der Waals surface area contributed by atoms with E-state index in [1.165, 1.54) is 0 Å². The van der Waals surface area contributed by atoms with Gasteiger partial charge in [0.2, 0.25) is 0 Å². The Kier molecular flexibility index (Phi) is 3.20. The van der Waals surface area contributed by atoms with Crippen molar-refractivity contribution in [2.75, 3.05) is 26.3 Å². The Balaban J connectivity index is 2.06. The van der Waals surface area contributed by atoms with Gasteiger partial charge in [0.25, 0.3) is 0 Å². The molecule has 1 saturated heterocycles. The van der Waals surface area contributed by atoms with Gasteiger partial charge in [0, 0.05) is 19.1 Å². The van der Waals surface area contributed by atoms with Gasteiger partial charge in [-0.3, -0.25) is 4.90 Å². The second kappa shape index (κ2) is 4.29. The standard InChI is InChI=1S/C11H17ClN2O/c1-2-9-7-11(12,8-13)10(9)14-3-5-15-6-4-14/h9-10H,2-7H2,1H3. The lowest BCUT2D eigenvalue weighted by Crippen LogP contribution is -2.64. The summed E-state index contributed by atoms with van der Waals surface area (Å²) < 4.78 is 5.32. The summed E-state index contributed by atoms with van der Waals surface area (Å²) in [5.74, 6) is 0.584. The number of nitriles is 1. The molecule has 84 valence electrons. The fourth-order valence-corrected chi connectivity index (χ4v) is 3.26. The molecule has 0 bridgehead atoms. The number of alkyl halides is 1. The van der Waals surface area contributed by atoms with Crippen LogP contribution in [0.1, 0.15) is 19.8 Å². The van der Waals surface area contributed by atoms with Crippen LogP contribution in [0.5, 0.6) is 0 Å². The molecule has 3 atom stereocenters. The van der Waals surface area contributed by atoms with Crippen LogP contribution in [0, 0.1) is 17.2 Å². The third-order valence-corrected chi connectivity index (χ3v) is 4.09. The minimum absolute atomic E-state index is 0.234. The monoisotopic (exact) mass is 228 g/mol. The first kappa shape index (κ1) is 11.2. The Morgan fingerprint density at radius 2 is 2.20 bits per heavy atom. The molecule has 0 spiro atoms. The maximum absolute atomic E-state index is 9.12. The van der Waals surface area contributed by atoms with Crippen molar-refractivity contribution in [1.82, 2.24) is 4.90 Å². The molecule has 0 aromatic heterocycles. The van der Waals surface area contributed by atoms with Crippen LogP contribution >= 0.6 is 11.6 Å². The molecule has 0 aromatic rings. The minimum Gasteiger partial charge on any atom is -0.379 e. The topological polar surface area (TPSA) is 36.3 Å². The minimum atomic E-state index is -0.641. The van der Waals surface area contributed by atoms with Crippen LogP contribution in [-0.2, 0) is 4.74 Å². The van der Waals surface area contributed by atoms with E-state index in [-0.39, 0.29) is 6.04 Å². The van der Waals surface area contributed by atoms with Gasteiger partial charge in [-0.05, 0) is 12.3 Å². The van der Waals surface area contributed by atoms with Crippen molar-refractivity contribution in [2.45, 2.75) is 30.7 Å². The van der Waals surface area contributed by atoms with Crippen LogP contribution in [-0.4, -0.2) is 42.1 Å². The van der Waals surface area contributed by atoms with Gasteiger partial charge >= 0.3 is 0 Å². The number of hydrogen-bond donors (Lipinski definition) is 0. The van der Waals surface area contributed by atoms with Gasteiger partial charge in [-0.2, -0.15) is 5.26 Å². The van der Waals surface area contributed by atoms with E-state index in [0.29, 0.717) is 5.92 Å². The summed E-state index contributed by atoms with van der Waals surface area (Å²) >= 11 is 6.32. The summed E-state index contributed by atoms with van der Waals surface area (Å²) in [6.45, 7) is 5.54. The van der Waals surface area contributed by atoms with Crippen molar-refractivity contribution in [3.63, 3.8) is 0 Å². The predicted molar refractivity (Wildman–Crippen MR) is 58.8 cm³/mol. The van der Waals surface area contributed by atoms with E-state index in [4.69, 9.17) is 21.6 Å². The number of morpholine rings is 1. The molecule has 0 N–H and O–H groups in total. The van der Waals surface area contributed by atoms with Crippen LogP contribution < -0.4 is 0 Å². The van der Waals surface area contributed by atoms with Crippen LogP contribution in [0.25, 0.3) is 0 Å². The lowest BCUT2D eigenvalue weighted by atomic mass is 9.67. The van der Waals surface area contributed by atoms with Gasteiger partial charge in [0.1, 0.15) is 4.87 Å².